The van der Waals surface area contributed by atoms with Crippen LogP contribution in [-0.4, -0.2) is 114 Å². The first-order valence-electron chi connectivity index (χ1n) is 14.7. The smallest absolute Gasteiger partial charge is 0.323 e. The van der Waals surface area contributed by atoms with Crippen LogP contribution in [0.2, 0.25) is 20.1 Å². The molecule has 2 saturated heterocycles. The molecule has 2 heterocycles. The number of rotatable bonds is 12. The summed E-state index contributed by atoms with van der Waals surface area (Å²) in [7, 11) is 3.15. The van der Waals surface area contributed by atoms with Gasteiger partial charge in [-0.1, -0.05) is 57.6 Å². The minimum absolute atomic E-state index is 0.0708. The molecule has 3 amide bonds. The Kier molecular flexibility index (Phi) is 12.6. The van der Waals surface area contributed by atoms with Crippen molar-refractivity contribution in [3.63, 3.8) is 0 Å². The fraction of sp³-hybridized carbons (Fsp3) is 0.484. The minimum atomic E-state index is -1.00. The molecule has 1 unspecified atom stereocenters. The van der Waals surface area contributed by atoms with Gasteiger partial charge in [0, 0.05) is 60.8 Å². The maximum atomic E-state index is 13.3. The second-order valence-electron chi connectivity index (χ2n) is 11.3. The summed E-state index contributed by atoms with van der Waals surface area (Å²) in [5, 5.41) is 15.1. The van der Waals surface area contributed by atoms with Crippen molar-refractivity contribution in [2.75, 3.05) is 60.0 Å². The molecule has 1 atom stereocenters. The van der Waals surface area contributed by atoms with Gasteiger partial charge in [-0.2, -0.15) is 0 Å². The lowest BCUT2D eigenvalue weighted by atomic mass is 9.89. The zero-order chi connectivity index (χ0) is 32.7. The van der Waals surface area contributed by atoms with E-state index in [9.17, 15) is 19.5 Å². The van der Waals surface area contributed by atoms with Gasteiger partial charge in [0.2, 0.25) is 0 Å². The van der Waals surface area contributed by atoms with Gasteiger partial charge in [0.15, 0.2) is 0 Å². The monoisotopic (exact) mass is 699 g/mol. The third-order valence-electron chi connectivity index (χ3n) is 8.21. The van der Waals surface area contributed by atoms with Gasteiger partial charge in [0.1, 0.15) is 13.7 Å². The molecular weight excluding hydrogens is 664 g/mol. The van der Waals surface area contributed by atoms with Crippen molar-refractivity contribution in [1.29, 1.82) is 0 Å². The van der Waals surface area contributed by atoms with E-state index >= 15 is 0 Å². The predicted octanol–water partition coefficient (Wildman–Crippen LogP) is 6.23. The molecule has 2 aliphatic heterocycles. The Morgan fingerprint density at radius 3 is 2.33 bits per heavy atom. The zero-order valence-electron chi connectivity index (χ0n) is 25.2. The number of carbonyl (C=O) groups excluding carboxylic acids is 2. The van der Waals surface area contributed by atoms with E-state index in [0.717, 1.165) is 44.5 Å². The van der Waals surface area contributed by atoms with Crippen LogP contribution in [-0.2, 0) is 9.63 Å². The number of halogens is 4. The van der Waals surface area contributed by atoms with E-state index in [4.69, 9.17) is 51.2 Å². The Bertz CT molecular complexity index is 1400. The topological polar surface area (TPSA) is 106 Å². The zero-order valence-corrected chi connectivity index (χ0v) is 28.2. The number of urea groups is 1. The van der Waals surface area contributed by atoms with E-state index in [2.05, 4.69) is 10.1 Å². The lowest BCUT2D eigenvalue weighted by Crippen LogP contribution is -2.56. The summed E-state index contributed by atoms with van der Waals surface area (Å²) < 4.78 is 0. The van der Waals surface area contributed by atoms with Gasteiger partial charge >= 0.3 is 12.0 Å². The molecule has 0 radical (unpaired) electrons. The molecule has 45 heavy (non-hydrogen) atoms. The number of piperidine rings is 1. The van der Waals surface area contributed by atoms with E-state index < -0.39 is 5.97 Å². The molecule has 2 aromatic carbocycles. The molecule has 244 valence electrons. The molecule has 10 nitrogen and oxygen atoms in total. The number of nitrogens with zero attached hydrogens (tertiary/aromatic N) is 5. The van der Waals surface area contributed by atoms with Crippen LogP contribution in [0.1, 0.15) is 47.5 Å². The Morgan fingerprint density at radius 1 is 1.02 bits per heavy atom. The predicted molar refractivity (Wildman–Crippen MR) is 177 cm³/mol. The lowest BCUT2D eigenvalue weighted by molar-refractivity contribution is -0.138. The number of hydrogen-bond acceptors (Lipinski definition) is 6. The highest BCUT2D eigenvalue weighted by molar-refractivity contribution is 6.42. The summed E-state index contributed by atoms with van der Waals surface area (Å²) in [6.07, 6.45) is 3.00. The van der Waals surface area contributed by atoms with Gasteiger partial charge in [-0.05, 0) is 68.1 Å². The van der Waals surface area contributed by atoms with Crippen LogP contribution in [0.4, 0.5) is 4.79 Å². The largest absolute Gasteiger partial charge is 0.480 e. The maximum Gasteiger partial charge on any atom is 0.323 e. The number of hydrogen-bond donors (Lipinski definition) is 1. The number of amides is 3. The molecule has 0 spiro atoms. The quantitative estimate of drug-likeness (QED) is 0.208. The number of oxime groups is 1. The molecular formula is C31H37Cl4N5O5. The Labute approximate surface area is 283 Å². The van der Waals surface area contributed by atoms with E-state index in [1.807, 2.05) is 17.0 Å². The van der Waals surface area contributed by atoms with Crippen molar-refractivity contribution in [1.82, 2.24) is 19.6 Å². The van der Waals surface area contributed by atoms with E-state index in [1.54, 1.807) is 36.2 Å². The van der Waals surface area contributed by atoms with Crippen LogP contribution in [0.3, 0.4) is 0 Å². The SMILES string of the molecule is CO/N=C(\CN(C)C(=O)c1cc(Cl)cc(Cl)c1)C(CCN1CCC(N2CCCN(CC(=O)O)C2=O)CC1)c1ccc(Cl)c(Cl)c1. The summed E-state index contributed by atoms with van der Waals surface area (Å²) in [6.45, 7) is 3.30. The molecule has 4 rings (SSSR count). The van der Waals surface area contributed by atoms with Gasteiger partial charge in [0.25, 0.3) is 5.91 Å². The third-order valence-corrected chi connectivity index (χ3v) is 9.39. The standard InChI is InChI=1S/C31H37Cl4N5O5/c1-37(30(43)21-14-22(32)17-23(33)15-21)18-28(36-45-2)25(20-4-5-26(34)27(35)16-20)8-13-38-11-6-24(7-12-38)40-10-3-9-39(31(40)44)19-29(41)42/h4-5,14-17,24-25H,3,6-13,18-19H2,1-2H3,(H,41,42)/b36-28+. The Morgan fingerprint density at radius 2 is 1.71 bits per heavy atom. The number of aliphatic carboxylic acids is 1. The maximum absolute atomic E-state index is 13.3. The number of likely N-dealkylation sites (tertiary alicyclic amines) is 1. The highest BCUT2D eigenvalue weighted by atomic mass is 35.5. The highest BCUT2D eigenvalue weighted by Gasteiger charge is 2.34. The number of carbonyl (C=O) groups is 3. The van der Waals surface area contributed by atoms with E-state index in [-0.39, 0.29) is 37.0 Å². The summed E-state index contributed by atoms with van der Waals surface area (Å²) in [5.74, 6) is -1.52. The molecule has 2 aromatic rings. The molecule has 14 heteroatoms. The summed E-state index contributed by atoms with van der Waals surface area (Å²) in [6, 6.07) is 10.0. The van der Waals surface area contributed by atoms with E-state index in [0.29, 0.717) is 50.9 Å². The Balaban J connectivity index is 1.45. The molecule has 2 fully saturated rings. The van der Waals surface area contributed by atoms with Gasteiger partial charge in [-0.15, -0.1) is 0 Å². The van der Waals surface area contributed by atoms with Crippen LogP contribution in [0, 0.1) is 0 Å². The number of carboxylic acids is 1. The lowest BCUT2D eigenvalue weighted by Gasteiger charge is -2.43. The van der Waals surface area contributed by atoms with Crippen molar-refractivity contribution in [2.24, 2.45) is 5.16 Å². The molecule has 0 saturated carbocycles. The molecule has 0 aromatic heterocycles. The second kappa shape index (κ2) is 16.2. The third kappa shape index (κ3) is 9.39. The second-order valence-corrected chi connectivity index (χ2v) is 13.0. The van der Waals surface area contributed by atoms with Crippen molar-refractivity contribution in [3.05, 3.63) is 67.6 Å². The first kappa shape index (κ1) is 35.1. The average molecular weight is 701 g/mol. The summed E-state index contributed by atoms with van der Waals surface area (Å²) >= 11 is 24.9. The summed E-state index contributed by atoms with van der Waals surface area (Å²) in [5.41, 5.74) is 1.88. The molecule has 2 aliphatic rings. The van der Waals surface area contributed by atoms with Gasteiger partial charge in [0.05, 0.1) is 22.3 Å². The van der Waals surface area contributed by atoms with Crippen molar-refractivity contribution in [3.8, 4) is 0 Å². The van der Waals surface area contributed by atoms with Crippen LogP contribution in [0.15, 0.2) is 41.6 Å². The summed E-state index contributed by atoms with van der Waals surface area (Å²) in [4.78, 5) is 49.9. The molecule has 1 N–H and O–H groups in total. The highest BCUT2D eigenvalue weighted by Crippen LogP contribution is 2.31. The van der Waals surface area contributed by atoms with E-state index in [1.165, 1.54) is 12.0 Å². The van der Waals surface area contributed by atoms with Gasteiger partial charge in [-0.3, -0.25) is 9.59 Å². The van der Waals surface area contributed by atoms with Crippen molar-refractivity contribution in [2.45, 2.75) is 37.6 Å². The van der Waals surface area contributed by atoms with Gasteiger partial charge in [-0.25, -0.2) is 4.79 Å². The number of benzene rings is 2. The Hall–Kier alpha value is -2.76. The van der Waals surface area contributed by atoms with Crippen LogP contribution >= 0.6 is 46.4 Å². The van der Waals surface area contributed by atoms with Crippen LogP contribution in [0.25, 0.3) is 0 Å². The fourth-order valence-corrected chi connectivity index (χ4v) is 6.84. The van der Waals surface area contributed by atoms with Crippen molar-refractivity contribution < 1.29 is 24.3 Å². The first-order valence-corrected chi connectivity index (χ1v) is 16.2. The van der Waals surface area contributed by atoms with Crippen LogP contribution < -0.4 is 0 Å². The first-order chi connectivity index (χ1) is 21.5. The molecule has 0 bridgehead atoms. The fourth-order valence-electron chi connectivity index (χ4n) is 6.01. The van der Waals surface area contributed by atoms with Crippen molar-refractivity contribution >= 4 is 70.0 Å². The van der Waals surface area contributed by atoms with Crippen LogP contribution in [0.5, 0.6) is 0 Å². The number of carboxylic acid groups (broad SMARTS) is 1. The van der Waals surface area contributed by atoms with Gasteiger partial charge < -0.3 is 29.5 Å². The minimum Gasteiger partial charge on any atom is -0.480 e. The normalized spacial score (nSPS) is 17.4. The average Bonchev–Trinajstić information content (AvgIpc) is 2.99. The molecule has 0 aliphatic carbocycles.